The van der Waals surface area contributed by atoms with Gasteiger partial charge in [0.2, 0.25) is 0 Å². The molecule has 1 aliphatic rings. The molecule has 1 aromatic rings. The minimum Gasteiger partial charge on any atom is -0.316 e. The first-order valence-electron chi connectivity index (χ1n) is 4.51. The Labute approximate surface area is 79.9 Å². The lowest BCUT2D eigenvalue weighted by molar-refractivity contribution is 0.344. The summed E-state index contributed by atoms with van der Waals surface area (Å²) in [5, 5.41) is 3.06. The molecular formula is C10H10F3N. The Morgan fingerprint density at radius 3 is 2.14 bits per heavy atom. The van der Waals surface area contributed by atoms with Gasteiger partial charge in [0, 0.05) is 0 Å². The third-order valence-electron chi connectivity index (χ3n) is 2.43. The smallest absolute Gasteiger partial charge is 0.194 e. The summed E-state index contributed by atoms with van der Waals surface area (Å²) in [4.78, 5) is 0. The van der Waals surface area contributed by atoms with E-state index in [4.69, 9.17) is 0 Å². The third kappa shape index (κ3) is 1.75. The van der Waals surface area contributed by atoms with Crippen LogP contribution in [-0.2, 0) is 6.42 Å². The van der Waals surface area contributed by atoms with Crippen LogP contribution in [0.5, 0.6) is 0 Å². The van der Waals surface area contributed by atoms with Crippen LogP contribution in [0.2, 0.25) is 0 Å². The van der Waals surface area contributed by atoms with Crippen LogP contribution < -0.4 is 5.32 Å². The fourth-order valence-electron chi connectivity index (χ4n) is 1.55. The molecule has 1 aromatic carbocycles. The van der Waals surface area contributed by atoms with E-state index in [-0.39, 0.29) is 0 Å². The Hall–Kier alpha value is -1.03. The third-order valence-corrected chi connectivity index (χ3v) is 2.43. The Morgan fingerprint density at radius 1 is 1.14 bits per heavy atom. The number of rotatable bonds is 2. The van der Waals surface area contributed by atoms with Crippen LogP contribution in [0.3, 0.4) is 0 Å². The van der Waals surface area contributed by atoms with Gasteiger partial charge in [-0.1, -0.05) is 0 Å². The lowest BCUT2D eigenvalue weighted by atomic mass is 9.94. The topological polar surface area (TPSA) is 12.0 Å². The summed E-state index contributed by atoms with van der Waals surface area (Å²) in [7, 11) is 0. The summed E-state index contributed by atoms with van der Waals surface area (Å²) >= 11 is 0. The quantitative estimate of drug-likeness (QED) is 0.720. The van der Waals surface area contributed by atoms with Crippen LogP contribution in [0.25, 0.3) is 0 Å². The maximum Gasteiger partial charge on any atom is 0.194 e. The fraction of sp³-hybridized carbons (Fsp3) is 0.400. The van der Waals surface area contributed by atoms with E-state index < -0.39 is 17.5 Å². The van der Waals surface area contributed by atoms with Gasteiger partial charge in [-0.2, -0.15) is 0 Å². The van der Waals surface area contributed by atoms with Crippen LogP contribution in [0.1, 0.15) is 5.56 Å². The molecule has 1 heterocycles. The Kier molecular flexibility index (Phi) is 2.46. The number of nitrogens with one attached hydrogen (secondary N) is 1. The van der Waals surface area contributed by atoms with Crippen LogP contribution in [-0.4, -0.2) is 13.1 Å². The van der Waals surface area contributed by atoms with Crippen molar-refractivity contribution < 1.29 is 13.2 Å². The molecule has 1 aliphatic heterocycles. The summed E-state index contributed by atoms with van der Waals surface area (Å²) in [5.74, 6) is -3.18. The second kappa shape index (κ2) is 3.61. The molecule has 1 nitrogen and oxygen atoms in total. The molecule has 1 N–H and O–H groups in total. The standard InChI is InChI=1S/C10H10F3N/c11-8-2-6(1-7-4-14-5-7)3-9(12)10(8)13/h2-3,7,14H,1,4-5H2. The summed E-state index contributed by atoms with van der Waals surface area (Å²) in [6.07, 6.45) is 0.598. The molecule has 4 heteroatoms. The number of hydrogen-bond acceptors (Lipinski definition) is 1. The van der Waals surface area contributed by atoms with Crippen molar-refractivity contribution in [2.75, 3.05) is 13.1 Å². The average Bonchev–Trinajstić information content (AvgIpc) is 2.07. The second-order valence-corrected chi connectivity index (χ2v) is 3.60. The molecule has 1 saturated heterocycles. The first-order valence-corrected chi connectivity index (χ1v) is 4.51. The highest BCUT2D eigenvalue weighted by atomic mass is 19.2. The maximum atomic E-state index is 12.8. The molecule has 0 aromatic heterocycles. The van der Waals surface area contributed by atoms with Gasteiger partial charge in [0.25, 0.3) is 0 Å². The molecule has 0 radical (unpaired) electrons. The van der Waals surface area contributed by atoms with E-state index in [0.29, 0.717) is 17.9 Å². The molecule has 14 heavy (non-hydrogen) atoms. The molecule has 0 atom stereocenters. The first-order chi connectivity index (χ1) is 6.66. The highest BCUT2D eigenvalue weighted by molar-refractivity contribution is 5.20. The van der Waals surface area contributed by atoms with Crippen LogP contribution in [0.4, 0.5) is 13.2 Å². The van der Waals surface area contributed by atoms with Crippen molar-refractivity contribution in [2.24, 2.45) is 5.92 Å². The van der Waals surface area contributed by atoms with Crippen LogP contribution in [0.15, 0.2) is 12.1 Å². The molecule has 2 rings (SSSR count). The zero-order valence-corrected chi connectivity index (χ0v) is 7.49. The normalized spacial score (nSPS) is 16.8. The van der Waals surface area contributed by atoms with Crippen molar-refractivity contribution in [3.63, 3.8) is 0 Å². The van der Waals surface area contributed by atoms with E-state index in [9.17, 15) is 13.2 Å². The van der Waals surface area contributed by atoms with E-state index in [1.165, 1.54) is 0 Å². The minimum absolute atomic E-state index is 0.416. The van der Waals surface area contributed by atoms with E-state index >= 15 is 0 Å². The van der Waals surface area contributed by atoms with E-state index in [0.717, 1.165) is 25.2 Å². The molecule has 76 valence electrons. The Balaban J connectivity index is 2.17. The molecule has 1 fully saturated rings. The molecule has 0 amide bonds. The van der Waals surface area contributed by atoms with Gasteiger partial charge in [0.15, 0.2) is 17.5 Å². The van der Waals surface area contributed by atoms with Crippen LogP contribution in [0, 0.1) is 23.4 Å². The van der Waals surface area contributed by atoms with Crippen molar-refractivity contribution in [1.82, 2.24) is 5.32 Å². The number of benzene rings is 1. The lowest BCUT2D eigenvalue weighted by Gasteiger charge is -2.27. The summed E-state index contributed by atoms with van der Waals surface area (Å²) in [6, 6.07) is 2.13. The van der Waals surface area contributed by atoms with E-state index in [2.05, 4.69) is 5.32 Å². The maximum absolute atomic E-state index is 12.8. The molecule has 0 bridgehead atoms. The number of hydrogen-bond donors (Lipinski definition) is 1. The lowest BCUT2D eigenvalue weighted by Crippen LogP contribution is -2.43. The van der Waals surface area contributed by atoms with Gasteiger partial charge in [-0.05, 0) is 43.1 Å². The van der Waals surface area contributed by atoms with Gasteiger partial charge in [-0.15, -0.1) is 0 Å². The minimum atomic E-state index is -1.39. The molecular weight excluding hydrogens is 191 g/mol. The first kappa shape index (κ1) is 9.52. The molecule has 0 aliphatic carbocycles. The highest BCUT2D eigenvalue weighted by Crippen LogP contribution is 2.17. The SMILES string of the molecule is Fc1cc(CC2CNC2)cc(F)c1F. The van der Waals surface area contributed by atoms with Gasteiger partial charge >= 0.3 is 0 Å². The van der Waals surface area contributed by atoms with Gasteiger partial charge in [-0.25, -0.2) is 13.2 Å². The van der Waals surface area contributed by atoms with Crippen LogP contribution >= 0.6 is 0 Å². The summed E-state index contributed by atoms with van der Waals surface area (Å²) < 4.78 is 38.1. The van der Waals surface area contributed by atoms with Gasteiger partial charge in [0.05, 0.1) is 0 Å². The molecule has 0 unspecified atom stereocenters. The zero-order chi connectivity index (χ0) is 10.1. The monoisotopic (exact) mass is 201 g/mol. The Morgan fingerprint density at radius 2 is 1.71 bits per heavy atom. The van der Waals surface area contributed by atoms with Crippen molar-refractivity contribution in [3.05, 3.63) is 35.1 Å². The fourth-order valence-corrected chi connectivity index (χ4v) is 1.55. The number of halogens is 3. The van der Waals surface area contributed by atoms with Crippen molar-refractivity contribution in [1.29, 1.82) is 0 Å². The highest BCUT2D eigenvalue weighted by Gasteiger charge is 2.19. The second-order valence-electron chi connectivity index (χ2n) is 3.60. The summed E-state index contributed by atoms with van der Waals surface area (Å²) in [6.45, 7) is 1.72. The summed E-state index contributed by atoms with van der Waals surface area (Å²) in [5.41, 5.74) is 0.521. The van der Waals surface area contributed by atoms with E-state index in [1.807, 2.05) is 0 Å². The van der Waals surface area contributed by atoms with Crippen molar-refractivity contribution >= 4 is 0 Å². The molecule has 0 saturated carbocycles. The van der Waals surface area contributed by atoms with Gasteiger partial charge in [-0.3, -0.25) is 0 Å². The van der Waals surface area contributed by atoms with E-state index in [1.54, 1.807) is 0 Å². The average molecular weight is 201 g/mol. The van der Waals surface area contributed by atoms with Gasteiger partial charge in [0.1, 0.15) is 0 Å². The molecule has 0 spiro atoms. The zero-order valence-electron chi connectivity index (χ0n) is 7.49. The Bertz CT molecular complexity index is 324. The van der Waals surface area contributed by atoms with Gasteiger partial charge < -0.3 is 5.32 Å². The largest absolute Gasteiger partial charge is 0.316 e. The predicted octanol–water partition coefficient (Wildman–Crippen LogP) is 1.87. The van der Waals surface area contributed by atoms with Crippen molar-refractivity contribution in [2.45, 2.75) is 6.42 Å². The van der Waals surface area contributed by atoms with Crippen molar-refractivity contribution in [3.8, 4) is 0 Å². The predicted molar refractivity (Wildman–Crippen MR) is 46.4 cm³/mol.